The van der Waals surface area contributed by atoms with E-state index in [4.69, 9.17) is 0 Å². The van der Waals surface area contributed by atoms with E-state index >= 15 is 0 Å². The van der Waals surface area contributed by atoms with Gasteiger partial charge in [-0.25, -0.2) is 0 Å². The average Bonchev–Trinajstić information content (AvgIpc) is 3.53. The maximum absolute atomic E-state index is 9.62. The molecule has 1 aliphatic rings. The number of anilines is 3. The van der Waals surface area contributed by atoms with Gasteiger partial charge in [0.25, 0.3) is 0 Å². The molecule has 0 radical (unpaired) electrons. The summed E-state index contributed by atoms with van der Waals surface area (Å²) in [4.78, 5) is 2.33. The molecule has 1 aliphatic heterocycles. The molecule has 1 N–H and O–H groups in total. The standard InChI is InChI=1S/C44H29N3/c45-28-29-21-24-41-40(25-29)46-44(47(41)35-15-2-1-3-16-35)34-14-10-13-32(27-34)42-36-17-6-8-19-38(36)43(39-20-9-7-18-37(39)42)33-23-22-30-11-4-5-12-31(30)26-33/h1-27,44,46H. The van der Waals surface area contributed by atoms with Crippen LogP contribution < -0.4 is 10.2 Å². The van der Waals surface area contributed by atoms with Gasteiger partial charge < -0.3 is 10.2 Å². The zero-order valence-electron chi connectivity index (χ0n) is 25.6. The summed E-state index contributed by atoms with van der Waals surface area (Å²) in [6.07, 6.45) is -0.143. The molecule has 47 heavy (non-hydrogen) atoms. The van der Waals surface area contributed by atoms with Gasteiger partial charge in [0.05, 0.1) is 23.0 Å². The summed E-state index contributed by atoms with van der Waals surface area (Å²) in [7, 11) is 0. The highest BCUT2D eigenvalue weighted by Gasteiger charge is 2.32. The number of fused-ring (bicyclic) bond motifs is 4. The lowest BCUT2D eigenvalue weighted by molar-refractivity contribution is 0.829. The van der Waals surface area contributed by atoms with Gasteiger partial charge in [0, 0.05) is 5.69 Å². The fourth-order valence-corrected chi connectivity index (χ4v) is 7.35. The molecule has 0 aromatic heterocycles. The van der Waals surface area contributed by atoms with E-state index in [9.17, 15) is 5.26 Å². The van der Waals surface area contributed by atoms with Crippen LogP contribution in [-0.4, -0.2) is 0 Å². The number of benzene rings is 8. The van der Waals surface area contributed by atoms with Gasteiger partial charge in [0.15, 0.2) is 0 Å². The third-order valence-corrected chi connectivity index (χ3v) is 9.43. The molecule has 0 amide bonds. The van der Waals surface area contributed by atoms with Crippen LogP contribution in [0.15, 0.2) is 164 Å². The van der Waals surface area contributed by atoms with Crippen molar-refractivity contribution in [2.45, 2.75) is 6.17 Å². The van der Waals surface area contributed by atoms with Crippen molar-refractivity contribution in [3.8, 4) is 28.3 Å². The Balaban J connectivity index is 1.25. The second kappa shape index (κ2) is 10.9. The van der Waals surface area contributed by atoms with Crippen molar-refractivity contribution >= 4 is 49.4 Å². The fraction of sp³-hybridized carbons (Fsp3) is 0.0227. The summed E-state index contributed by atoms with van der Waals surface area (Å²) in [5.41, 5.74) is 9.78. The molecule has 220 valence electrons. The molecule has 0 saturated heterocycles. The predicted molar refractivity (Wildman–Crippen MR) is 196 cm³/mol. The lowest BCUT2D eigenvalue weighted by Gasteiger charge is -2.28. The summed E-state index contributed by atoms with van der Waals surface area (Å²) in [5, 5.41) is 20.8. The number of hydrogen-bond acceptors (Lipinski definition) is 3. The Bertz CT molecular complexity index is 2470. The van der Waals surface area contributed by atoms with Crippen molar-refractivity contribution in [1.29, 1.82) is 5.26 Å². The molecular formula is C44H29N3. The van der Waals surface area contributed by atoms with Crippen molar-refractivity contribution in [3.63, 3.8) is 0 Å². The molecule has 0 aliphatic carbocycles. The third kappa shape index (κ3) is 4.42. The molecule has 0 saturated carbocycles. The topological polar surface area (TPSA) is 39.1 Å². The Kier molecular flexibility index (Phi) is 6.26. The lowest BCUT2D eigenvalue weighted by atomic mass is 9.85. The first-order valence-corrected chi connectivity index (χ1v) is 15.9. The SMILES string of the molecule is N#Cc1ccc2c(c1)NC(c1cccc(-c3c4ccccc4c(-c4ccc5ccccc5c4)c4ccccc34)c1)N2c1ccccc1. The molecule has 1 heterocycles. The number of rotatable bonds is 4. The van der Waals surface area contributed by atoms with E-state index in [-0.39, 0.29) is 6.17 Å². The van der Waals surface area contributed by atoms with E-state index in [1.807, 2.05) is 24.3 Å². The quantitative estimate of drug-likeness (QED) is 0.205. The van der Waals surface area contributed by atoms with E-state index in [0.29, 0.717) is 5.56 Å². The van der Waals surface area contributed by atoms with Crippen LogP contribution in [0.2, 0.25) is 0 Å². The van der Waals surface area contributed by atoms with Gasteiger partial charge in [0.2, 0.25) is 0 Å². The fourth-order valence-electron chi connectivity index (χ4n) is 7.35. The number of nitrogens with zero attached hydrogens (tertiary/aromatic N) is 2. The van der Waals surface area contributed by atoms with Gasteiger partial charge in [-0.05, 0) is 103 Å². The predicted octanol–water partition coefficient (Wildman–Crippen LogP) is 11.6. The van der Waals surface area contributed by atoms with Crippen molar-refractivity contribution in [1.82, 2.24) is 0 Å². The summed E-state index contributed by atoms with van der Waals surface area (Å²) < 4.78 is 0. The van der Waals surface area contributed by atoms with Gasteiger partial charge in [0.1, 0.15) is 6.17 Å². The van der Waals surface area contributed by atoms with Crippen LogP contribution >= 0.6 is 0 Å². The van der Waals surface area contributed by atoms with Gasteiger partial charge >= 0.3 is 0 Å². The minimum Gasteiger partial charge on any atom is -0.359 e. The average molecular weight is 600 g/mol. The molecule has 0 bridgehead atoms. The van der Waals surface area contributed by atoms with E-state index in [0.717, 1.165) is 22.6 Å². The van der Waals surface area contributed by atoms with Gasteiger partial charge in [-0.3, -0.25) is 0 Å². The van der Waals surface area contributed by atoms with Crippen molar-refractivity contribution < 1.29 is 0 Å². The molecule has 3 heteroatoms. The Labute approximate surface area is 273 Å². The maximum Gasteiger partial charge on any atom is 0.130 e. The van der Waals surface area contributed by atoms with Crippen molar-refractivity contribution in [3.05, 3.63) is 175 Å². The van der Waals surface area contributed by atoms with Crippen LogP contribution in [0.3, 0.4) is 0 Å². The molecule has 1 unspecified atom stereocenters. The zero-order valence-corrected chi connectivity index (χ0v) is 25.6. The van der Waals surface area contributed by atoms with Gasteiger partial charge in [-0.15, -0.1) is 0 Å². The van der Waals surface area contributed by atoms with Gasteiger partial charge in [-0.2, -0.15) is 5.26 Å². The summed E-state index contributed by atoms with van der Waals surface area (Å²) in [5.74, 6) is 0. The van der Waals surface area contributed by atoms with E-state index < -0.39 is 0 Å². The highest BCUT2D eigenvalue weighted by molar-refractivity contribution is 6.21. The molecular weight excluding hydrogens is 571 g/mol. The van der Waals surface area contributed by atoms with E-state index in [1.165, 1.54) is 54.6 Å². The largest absolute Gasteiger partial charge is 0.359 e. The summed E-state index contributed by atoms with van der Waals surface area (Å²) in [6.45, 7) is 0. The Morgan fingerprint density at radius 3 is 1.81 bits per heavy atom. The molecule has 8 aromatic carbocycles. The van der Waals surface area contributed by atoms with Crippen LogP contribution in [0.4, 0.5) is 17.1 Å². The molecule has 8 aromatic rings. The van der Waals surface area contributed by atoms with Crippen LogP contribution in [0.1, 0.15) is 17.3 Å². The number of para-hydroxylation sites is 1. The summed E-state index contributed by atoms with van der Waals surface area (Å²) >= 11 is 0. The first-order chi connectivity index (χ1) is 23.3. The smallest absolute Gasteiger partial charge is 0.130 e. The lowest BCUT2D eigenvalue weighted by Crippen LogP contribution is -2.23. The molecule has 0 spiro atoms. The van der Waals surface area contributed by atoms with Crippen LogP contribution in [0.25, 0.3) is 54.6 Å². The third-order valence-electron chi connectivity index (χ3n) is 9.43. The van der Waals surface area contributed by atoms with E-state index in [1.54, 1.807) is 0 Å². The Morgan fingerprint density at radius 1 is 0.511 bits per heavy atom. The highest BCUT2D eigenvalue weighted by atomic mass is 15.3. The number of nitrogens with one attached hydrogen (secondary N) is 1. The van der Waals surface area contributed by atoms with Crippen LogP contribution in [-0.2, 0) is 0 Å². The number of hydrogen-bond donors (Lipinski definition) is 1. The minimum absolute atomic E-state index is 0.143. The minimum atomic E-state index is -0.143. The monoisotopic (exact) mass is 599 g/mol. The molecule has 1 atom stereocenters. The van der Waals surface area contributed by atoms with Crippen molar-refractivity contribution in [2.75, 3.05) is 10.2 Å². The highest BCUT2D eigenvalue weighted by Crippen LogP contribution is 2.48. The van der Waals surface area contributed by atoms with Gasteiger partial charge in [-0.1, -0.05) is 121 Å². The molecule has 9 rings (SSSR count). The maximum atomic E-state index is 9.62. The molecule has 3 nitrogen and oxygen atoms in total. The second-order valence-electron chi connectivity index (χ2n) is 12.1. The second-order valence-corrected chi connectivity index (χ2v) is 12.1. The zero-order chi connectivity index (χ0) is 31.3. The van der Waals surface area contributed by atoms with E-state index in [2.05, 4.69) is 156 Å². The Hall–Kier alpha value is -6.37. The summed E-state index contributed by atoms with van der Waals surface area (Å²) in [6, 6.07) is 60.6. The first-order valence-electron chi connectivity index (χ1n) is 15.9. The normalized spacial score (nSPS) is 13.9. The first kappa shape index (κ1) is 27.0. The molecule has 0 fully saturated rings. The number of nitriles is 1. The van der Waals surface area contributed by atoms with Crippen LogP contribution in [0, 0.1) is 11.3 Å². The van der Waals surface area contributed by atoms with Crippen molar-refractivity contribution in [2.24, 2.45) is 0 Å². The van der Waals surface area contributed by atoms with Crippen LogP contribution in [0.5, 0.6) is 0 Å². The Morgan fingerprint density at radius 2 is 1.13 bits per heavy atom.